The molecule has 130 heavy (non-hydrogen) atoms. The van der Waals surface area contributed by atoms with Crippen LogP contribution in [0.3, 0.4) is 0 Å². The second-order valence-electron chi connectivity index (χ2n) is 34.7. The van der Waals surface area contributed by atoms with E-state index in [1.165, 1.54) is 0 Å². The summed E-state index contributed by atoms with van der Waals surface area (Å²) in [5.41, 5.74) is -0.187. The smallest absolute Gasteiger partial charge is 0.333 e. The molecule has 30 nitrogen and oxygen atoms in total. The van der Waals surface area contributed by atoms with Gasteiger partial charge in [-0.25, -0.2) is 19.2 Å². The molecule has 0 aliphatic heterocycles. The van der Waals surface area contributed by atoms with Crippen molar-refractivity contribution in [3.63, 3.8) is 0 Å². The first-order chi connectivity index (χ1) is 53.4. The normalized spacial score (nSPS) is 20.4. The van der Waals surface area contributed by atoms with E-state index in [0.717, 1.165) is 101 Å². The van der Waals surface area contributed by atoms with Gasteiger partial charge in [-0.15, -0.1) is 0 Å². The molecule has 0 aromatic rings. The summed E-state index contributed by atoms with van der Waals surface area (Å²) < 4.78 is 78.6. The predicted molar refractivity (Wildman–Crippen MR) is 523 cm³/mol. The zero-order valence-electron chi connectivity index (χ0n) is 70.6. The molecule has 0 bridgehead atoms. The Morgan fingerprint density at radius 2 is 0.446 bits per heavy atom. The van der Waals surface area contributed by atoms with Crippen molar-refractivity contribution in [3.05, 3.63) is 50.6 Å². The maximum Gasteiger partial charge on any atom is 0.333 e. The number of carbonyl (C=O) groups is 12. The van der Waals surface area contributed by atoms with Crippen molar-refractivity contribution < 1.29 is 144 Å². The number of rotatable bonds is 46. The Morgan fingerprint density at radius 3 is 0.669 bits per heavy atom. The molecule has 0 spiro atoms. The van der Waals surface area contributed by atoms with Crippen LogP contribution in [0.1, 0.15) is 356 Å². The highest BCUT2D eigenvalue weighted by Gasteiger charge is 2.46. The van der Waals surface area contributed by atoms with Gasteiger partial charge >= 0.3 is 71.6 Å². The van der Waals surface area contributed by atoms with Crippen molar-refractivity contribution in [3.8, 4) is 0 Å². The first kappa shape index (κ1) is 159. The van der Waals surface area contributed by atoms with Crippen molar-refractivity contribution in [2.24, 2.45) is 67.0 Å². The quantitative estimate of drug-likeness (QED) is 0.0188. The number of hydrogen-bond acceptors (Lipinski definition) is 30. The van der Waals surface area contributed by atoms with Gasteiger partial charge in [-0.05, 0) is 170 Å². The van der Waals surface area contributed by atoms with Crippen LogP contribution in [-0.4, -0.2) is 190 Å². The minimum absolute atomic E-state index is 0. The average Bonchev–Trinajstić information content (AvgIpc) is 0.817. The molecular weight excluding hydrogens is 1680 g/mol. The highest BCUT2D eigenvalue weighted by molar-refractivity contribution is 5.82. The molecule has 780 valence electrons. The lowest BCUT2D eigenvalue weighted by atomic mass is 9.59. The summed E-state index contributed by atoms with van der Waals surface area (Å²) in [4.78, 5) is 139. The van der Waals surface area contributed by atoms with E-state index < -0.39 is 100 Å². The van der Waals surface area contributed by atoms with Crippen LogP contribution >= 0.6 is 0 Å². The predicted octanol–water partition coefficient (Wildman–Crippen LogP) is 22.5. The number of hydrogen-bond donors (Lipinski definition) is 2. The SMILES string of the molecule is C.C.C.C.C.C.C.C.C.C.C.C.C.C.C.C.C=CC(=O)OCOC(=O)CC1CC(C)(C)CC(C)(CCC(=O)OCCOCCOC)C1.C=CC(=O)OCOC(=O)CC1CC(C)(C)CC(C)(CCC(=O)OCO)C1.C=CC(=O)OCOC(=O)CCC1(C)CC(CC(=O)OCCOCCOC)CC(C)(C)C1.C=CC(=O)OCOC(=O)CCC1(C)CC(CC(=O)OCO)CC(C)(C)C1. The minimum Gasteiger partial charge on any atom is -0.463 e. The van der Waals surface area contributed by atoms with Crippen LogP contribution in [0.2, 0.25) is 0 Å². The summed E-state index contributed by atoms with van der Waals surface area (Å²) in [6.45, 7) is 39.3. The molecule has 0 heterocycles. The number of aliphatic hydroxyl groups excluding tert-OH is 2. The first-order valence-corrected chi connectivity index (χ1v) is 39.1. The topological polar surface area (TPSA) is 393 Å². The van der Waals surface area contributed by atoms with Gasteiger partial charge in [0, 0.05) is 89.9 Å². The molecule has 4 fully saturated rings. The van der Waals surface area contributed by atoms with E-state index in [1.807, 2.05) is 0 Å². The van der Waals surface area contributed by atoms with Crippen LogP contribution in [0.5, 0.6) is 0 Å². The summed E-state index contributed by atoms with van der Waals surface area (Å²) in [6.07, 6.45) is 19.4. The molecule has 4 aliphatic rings. The van der Waals surface area contributed by atoms with Gasteiger partial charge < -0.3 is 86.0 Å². The van der Waals surface area contributed by atoms with Crippen LogP contribution < -0.4 is 0 Å². The van der Waals surface area contributed by atoms with E-state index in [-0.39, 0.29) is 249 Å². The Hall–Kier alpha value is -7.64. The second kappa shape index (κ2) is 82.1. The van der Waals surface area contributed by atoms with E-state index in [4.69, 9.17) is 62.3 Å². The summed E-state index contributed by atoms with van der Waals surface area (Å²) in [7, 11) is 3.21. The third kappa shape index (κ3) is 75.8. The fraction of sp³-hybridized carbons (Fsp3) is 0.800. The van der Waals surface area contributed by atoms with Gasteiger partial charge in [0.1, 0.15) is 13.2 Å². The Morgan fingerprint density at radius 1 is 0.262 bits per heavy atom. The molecule has 0 aromatic carbocycles. The lowest BCUT2D eigenvalue weighted by Crippen LogP contribution is -2.37. The molecule has 2 N–H and O–H groups in total. The lowest BCUT2D eigenvalue weighted by Gasteiger charge is -2.46. The minimum atomic E-state index is -0.642. The summed E-state index contributed by atoms with van der Waals surface area (Å²) in [5.74, 6) is -4.86. The van der Waals surface area contributed by atoms with Crippen LogP contribution in [0.15, 0.2) is 50.6 Å². The molecule has 30 heteroatoms. The third-order valence-corrected chi connectivity index (χ3v) is 20.3. The van der Waals surface area contributed by atoms with E-state index in [1.54, 1.807) is 14.2 Å². The maximum absolute atomic E-state index is 12.3. The van der Waals surface area contributed by atoms with Crippen LogP contribution in [0.25, 0.3) is 0 Å². The Balaban J connectivity index is -0.0000000917. The van der Waals surface area contributed by atoms with Crippen LogP contribution in [0.4, 0.5) is 0 Å². The zero-order chi connectivity index (χ0) is 86.2. The van der Waals surface area contributed by atoms with Crippen molar-refractivity contribution in [1.82, 2.24) is 0 Å². The van der Waals surface area contributed by atoms with Gasteiger partial charge in [-0.3, -0.25) is 38.4 Å². The van der Waals surface area contributed by atoms with Crippen LogP contribution in [-0.2, 0) is 133 Å². The van der Waals surface area contributed by atoms with Crippen molar-refractivity contribution in [2.75, 3.05) is 108 Å². The highest BCUT2D eigenvalue weighted by atomic mass is 16.7. The molecule has 4 aliphatic carbocycles. The van der Waals surface area contributed by atoms with Crippen molar-refractivity contribution in [2.45, 2.75) is 356 Å². The van der Waals surface area contributed by atoms with E-state index >= 15 is 0 Å². The summed E-state index contributed by atoms with van der Waals surface area (Å²) in [5, 5.41) is 17.4. The van der Waals surface area contributed by atoms with Gasteiger partial charge in [0.25, 0.3) is 0 Å². The Kier molecular flexibility index (Phi) is 101. The Bertz CT molecular complexity index is 3050. The average molecular weight is 1880 g/mol. The molecule has 4 rings (SSSR count). The molecule has 4 saturated carbocycles. The summed E-state index contributed by atoms with van der Waals surface area (Å²) >= 11 is 0. The number of methoxy groups -OCH3 is 2. The molecule has 0 saturated heterocycles. The lowest BCUT2D eigenvalue weighted by molar-refractivity contribution is -0.167. The molecule has 8 unspecified atom stereocenters. The number of ether oxygens (including phenoxy) is 16. The van der Waals surface area contributed by atoms with E-state index in [0.29, 0.717) is 78.2 Å². The van der Waals surface area contributed by atoms with Crippen molar-refractivity contribution in [1.29, 1.82) is 0 Å². The van der Waals surface area contributed by atoms with Gasteiger partial charge in [-0.1, -0.05) is 228 Å². The van der Waals surface area contributed by atoms with Crippen molar-refractivity contribution >= 4 is 71.6 Å². The van der Waals surface area contributed by atoms with E-state index in [2.05, 4.69) is 133 Å². The van der Waals surface area contributed by atoms with Gasteiger partial charge in [-0.2, -0.15) is 0 Å². The second-order valence-corrected chi connectivity index (χ2v) is 34.7. The Labute approximate surface area is 793 Å². The molecule has 8 atom stereocenters. The molecule has 0 aromatic heterocycles. The fourth-order valence-electron chi connectivity index (χ4n) is 17.7. The van der Waals surface area contributed by atoms with Gasteiger partial charge in [0.2, 0.25) is 27.2 Å². The fourth-order valence-corrected chi connectivity index (χ4v) is 17.7. The zero-order valence-corrected chi connectivity index (χ0v) is 70.6. The molecule has 0 amide bonds. The monoisotopic (exact) mass is 1880 g/mol. The molecule has 0 radical (unpaired) electrons. The molecular formula is C100H200O30. The first-order valence-electron chi connectivity index (χ1n) is 39.1. The number of esters is 12. The number of carbonyl (C=O) groups excluding carboxylic acids is 12. The van der Waals surface area contributed by atoms with Gasteiger partial charge in [0.05, 0.1) is 39.6 Å². The van der Waals surface area contributed by atoms with Gasteiger partial charge in [0.15, 0.2) is 13.6 Å². The summed E-state index contributed by atoms with van der Waals surface area (Å²) in [6, 6.07) is 0. The maximum atomic E-state index is 12.3. The number of aliphatic hydroxyl groups is 2. The highest BCUT2D eigenvalue weighted by Crippen LogP contribution is 2.55. The largest absolute Gasteiger partial charge is 0.463 e. The third-order valence-electron chi connectivity index (χ3n) is 20.3. The standard InChI is InChI=1S/2C23H38O8.2C19H30O7.16CH4/c1-6-19(24)30-17-31-20(25)7-8-23(4)15-18(14-22(2,3)16-23)13-21(26)29-12-11-28-10-9-27-5;1-6-19(24)30-17-31-21(26)13-18-14-22(2,3)16-23(4,15-18)8-7-20(25)29-12-11-28-10-9-27-5;1-5-15(21)25-13-26-16(22)6-7-19(4)10-14(8-17(23)24-12-20)9-18(2,3)11-19;1-5-15(21)25-13-26-17(23)8-14-9-18(2,3)11-19(4,10-14)7-6-16(22)24-12-20;;;;;;;;;;;;;;;;/h2*6,18H,1,7-17H2,2-5H3;2*5,14,20H,1,6-13H2,2-4H3;16*1H4. The van der Waals surface area contributed by atoms with E-state index in [9.17, 15) is 57.5 Å². The van der Waals surface area contributed by atoms with Crippen LogP contribution in [0, 0.1) is 67.0 Å².